The van der Waals surface area contributed by atoms with Crippen LogP contribution in [0.5, 0.6) is 0 Å². The molecule has 34 heavy (non-hydrogen) atoms. The Bertz CT molecular complexity index is 1460. The van der Waals surface area contributed by atoms with Crippen LogP contribution in [0.15, 0.2) is 82.4 Å². The minimum Gasteiger partial charge on any atom is -0.419 e. The molecule has 0 atom stereocenters. The van der Waals surface area contributed by atoms with Crippen molar-refractivity contribution in [3.8, 4) is 17.5 Å². The van der Waals surface area contributed by atoms with Gasteiger partial charge in [0.15, 0.2) is 0 Å². The number of nitriles is 1. The van der Waals surface area contributed by atoms with Gasteiger partial charge in [-0.3, -0.25) is 4.98 Å². The lowest BCUT2D eigenvalue weighted by Gasteiger charge is -2.28. The molecule has 1 aliphatic heterocycles. The maximum Gasteiger partial charge on any atom is 0.243 e. The van der Waals surface area contributed by atoms with E-state index in [1.54, 1.807) is 36.7 Å². The van der Waals surface area contributed by atoms with E-state index in [0.717, 1.165) is 11.1 Å². The highest BCUT2D eigenvalue weighted by molar-refractivity contribution is 7.89. The normalized spacial score (nSPS) is 13.7. The minimum atomic E-state index is -3.64. The van der Waals surface area contributed by atoms with Crippen molar-refractivity contribution < 1.29 is 12.8 Å². The second-order valence-corrected chi connectivity index (χ2v) is 9.84. The number of hydrogen-bond donors (Lipinski definition) is 1. The van der Waals surface area contributed by atoms with Crippen molar-refractivity contribution in [3.05, 3.63) is 95.4 Å². The van der Waals surface area contributed by atoms with Crippen LogP contribution >= 0.6 is 0 Å². The van der Waals surface area contributed by atoms with Crippen LogP contribution in [0.25, 0.3) is 11.5 Å². The average Bonchev–Trinajstić information content (AvgIpc) is 3.31. The first-order valence-corrected chi connectivity index (χ1v) is 12.2. The molecule has 1 N–H and O–H groups in total. The van der Waals surface area contributed by atoms with Crippen LogP contribution in [0.4, 0.5) is 5.88 Å². The molecule has 0 fully saturated rings. The van der Waals surface area contributed by atoms with E-state index >= 15 is 0 Å². The van der Waals surface area contributed by atoms with E-state index in [0.29, 0.717) is 31.6 Å². The summed E-state index contributed by atoms with van der Waals surface area (Å²) in [5, 5.41) is 12.5. The Balaban J connectivity index is 1.34. The van der Waals surface area contributed by atoms with Gasteiger partial charge in [0.1, 0.15) is 6.07 Å². The fraction of sp³-hybridized carbons (Fsp3) is 0.160. The van der Waals surface area contributed by atoms with Crippen molar-refractivity contribution in [2.75, 3.05) is 11.9 Å². The van der Waals surface area contributed by atoms with E-state index in [4.69, 9.17) is 4.42 Å². The SMILES string of the molecule is N#Cc1nc(-c2ccc(S(=O)(=O)N3CCc4ccccc4C3)cc2)oc1NCc1cccnc1. The van der Waals surface area contributed by atoms with Gasteiger partial charge >= 0.3 is 0 Å². The van der Waals surface area contributed by atoms with Crippen molar-refractivity contribution in [1.82, 2.24) is 14.3 Å². The summed E-state index contributed by atoms with van der Waals surface area (Å²) in [5.74, 6) is 0.492. The summed E-state index contributed by atoms with van der Waals surface area (Å²) in [6, 6.07) is 20.0. The molecule has 2 aromatic carbocycles. The van der Waals surface area contributed by atoms with Gasteiger partial charge in [-0.15, -0.1) is 0 Å². The Morgan fingerprint density at radius 2 is 1.85 bits per heavy atom. The lowest BCUT2D eigenvalue weighted by molar-refractivity contribution is 0.391. The Morgan fingerprint density at radius 1 is 1.06 bits per heavy atom. The smallest absolute Gasteiger partial charge is 0.243 e. The van der Waals surface area contributed by atoms with E-state index in [1.165, 1.54) is 9.87 Å². The first-order chi connectivity index (χ1) is 16.5. The fourth-order valence-electron chi connectivity index (χ4n) is 3.92. The molecule has 0 saturated heterocycles. The number of anilines is 1. The predicted octanol–water partition coefficient (Wildman–Crippen LogP) is 3.97. The molecule has 0 bridgehead atoms. The van der Waals surface area contributed by atoms with E-state index in [-0.39, 0.29) is 22.4 Å². The molecule has 0 unspecified atom stereocenters. The third-order valence-electron chi connectivity index (χ3n) is 5.74. The molecule has 5 rings (SSSR count). The third-order valence-corrected chi connectivity index (χ3v) is 7.60. The topological polar surface area (TPSA) is 112 Å². The van der Waals surface area contributed by atoms with E-state index in [9.17, 15) is 13.7 Å². The number of nitrogens with zero attached hydrogens (tertiary/aromatic N) is 4. The Kier molecular flexibility index (Phi) is 5.84. The summed E-state index contributed by atoms with van der Waals surface area (Å²) in [4.78, 5) is 8.52. The standard InChI is InChI=1S/C25H21N5O3S/c26-14-23-25(28-16-18-4-3-12-27-15-18)33-24(29-23)20-7-9-22(10-8-20)34(31,32)30-13-11-19-5-1-2-6-21(19)17-30/h1-10,12,15,28H,11,13,16-17H2. The van der Waals surface area contributed by atoms with Gasteiger partial charge in [-0.25, -0.2) is 8.42 Å². The van der Waals surface area contributed by atoms with Gasteiger partial charge in [-0.1, -0.05) is 30.3 Å². The summed E-state index contributed by atoms with van der Waals surface area (Å²) < 4.78 is 33.7. The lowest BCUT2D eigenvalue weighted by Crippen LogP contribution is -2.35. The second kappa shape index (κ2) is 9.09. The van der Waals surface area contributed by atoms with Gasteiger partial charge < -0.3 is 9.73 Å². The number of sulfonamides is 1. The highest BCUT2D eigenvalue weighted by atomic mass is 32.2. The van der Waals surface area contributed by atoms with Gasteiger partial charge in [0.05, 0.1) is 4.90 Å². The number of fused-ring (bicyclic) bond motifs is 1. The largest absolute Gasteiger partial charge is 0.419 e. The minimum absolute atomic E-state index is 0.127. The van der Waals surface area contributed by atoms with E-state index < -0.39 is 10.0 Å². The zero-order valence-corrected chi connectivity index (χ0v) is 19.0. The van der Waals surface area contributed by atoms with Crippen LogP contribution in [-0.2, 0) is 29.5 Å². The predicted molar refractivity (Wildman–Crippen MR) is 126 cm³/mol. The number of aromatic nitrogens is 2. The van der Waals surface area contributed by atoms with Gasteiger partial charge in [0.25, 0.3) is 0 Å². The van der Waals surface area contributed by atoms with Crippen LogP contribution in [0.1, 0.15) is 22.4 Å². The maximum absolute atomic E-state index is 13.2. The van der Waals surface area contributed by atoms with Crippen LogP contribution in [-0.4, -0.2) is 29.2 Å². The average molecular weight is 472 g/mol. The van der Waals surface area contributed by atoms with Crippen LogP contribution in [0, 0.1) is 11.3 Å². The molecular weight excluding hydrogens is 450 g/mol. The number of pyridine rings is 1. The zero-order valence-electron chi connectivity index (χ0n) is 18.2. The third kappa shape index (κ3) is 4.29. The second-order valence-electron chi connectivity index (χ2n) is 7.91. The van der Waals surface area contributed by atoms with Crippen molar-refractivity contribution in [2.24, 2.45) is 0 Å². The number of benzene rings is 2. The number of nitrogens with one attached hydrogen (secondary N) is 1. The number of oxazole rings is 1. The van der Waals surface area contributed by atoms with E-state index in [1.807, 2.05) is 42.5 Å². The quantitative estimate of drug-likeness (QED) is 0.453. The van der Waals surface area contributed by atoms with Crippen molar-refractivity contribution in [3.63, 3.8) is 0 Å². The van der Waals surface area contributed by atoms with E-state index in [2.05, 4.69) is 15.3 Å². The molecule has 0 saturated carbocycles. The molecule has 3 heterocycles. The van der Waals surface area contributed by atoms with Crippen LogP contribution in [0.2, 0.25) is 0 Å². The Hall–Kier alpha value is -4.00. The molecule has 170 valence electrons. The Labute approximate surface area is 197 Å². The first kappa shape index (κ1) is 21.8. The van der Waals surface area contributed by atoms with Crippen LogP contribution < -0.4 is 5.32 Å². The van der Waals surface area contributed by atoms with Gasteiger partial charge in [0.2, 0.25) is 27.5 Å². The summed E-state index contributed by atoms with van der Waals surface area (Å²) in [6.45, 7) is 1.23. The summed E-state index contributed by atoms with van der Waals surface area (Å²) in [5.41, 5.74) is 3.86. The lowest BCUT2D eigenvalue weighted by atomic mass is 10.0. The molecule has 0 spiro atoms. The van der Waals surface area contributed by atoms with Gasteiger partial charge in [0, 0.05) is 37.6 Å². The molecule has 0 radical (unpaired) electrons. The highest BCUT2D eigenvalue weighted by Gasteiger charge is 2.28. The zero-order chi connectivity index (χ0) is 23.5. The van der Waals surface area contributed by atoms with Crippen molar-refractivity contribution >= 4 is 15.9 Å². The summed E-state index contributed by atoms with van der Waals surface area (Å²) >= 11 is 0. The molecule has 4 aromatic rings. The molecule has 2 aromatic heterocycles. The maximum atomic E-state index is 13.2. The van der Waals surface area contributed by atoms with Gasteiger partial charge in [-0.2, -0.15) is 14.6 Å². The highest BCUT2D eigenvalue weighted by Crippen LogP contribution is 2.29. The molecule has 8 nitrogen and oxygen atoms in total. The molecule has 9 heteroatoms. The number of hydrogen-bond acceptors (Lipinski definition) is 7. The summed E-state index contributed by atoms with van der Waals surface area (Å²) in [6.07, 6.45) is 4.09. The summed E-state index contributed by atoms with van der Waals surface area (Å²) in [7, 11) is -3.64. The molecule has 1 aliphatic rings. The molecule has 0 aliphatic carbocycles. The van der Waals surface area contributed by atoms with Crippen molar-refractivity contribution in [2.45, 2.75) is 24.4 Å². The molecule has 0 amide bonds. The molecular formula is C25H21N5O3S. The number of rotatable bonds is 6. The van der Waals surface area contributed by atoms with Crippen LogP contribution in [0.3, 0.4) is 0 Å². The fourth-order valence-corrected chi connectivity index (χ4v) is 5.34. The first-order valence-electron chi connectivity index (χ1n) is 10.8. The monoisotopic (exact) mass is 471 g/mol. The van der Waals surface area contributed by atoms with Gasteiger partial charge in [-0.05, 0) is 53.4 Å². The Morgan fingerprint density at radius 3 is 2.59 bits per heavy atom. The van der Waals surface area contributed by atoms with Crippen molar-refractivity contribution in [1.29, 1.82) is 5.26 Å².